The number of phenolic OH excluding ortho intramolecular Hbond substituents is 1. The molecule has 0 aromatic heterocycles. The number of rotatable bonds is 3. The predicted molar refractivity (Wildman–Crippen MR) is 75.4 cm³/mol. The molecule has 1 amide bonds. The number of nitrogens with one attached hydrogen (secondary N) is 2. The first-order valence-corrected chi connectivity index (χ1v) is 6.88. The van der Waals surface area contributed by atoms with E-state index in [4.69, 9.17) is 0 Å². The van der Waals surface area contributed by atoms with Crippen LogP contribution in [-0.2, 0) is 0 Å². The molecule has 2 atom stereocenters. The molecular weight excluding hydrogens is 240 g/mol. The summed E-state index contributed by atoms with van der Waals surface area (Å²) in [6, 6.07) is 5.80. The van der Waals surface area contributed by atoms with Crippen LogP contribution in [0.25, 0.3) is 0 Å². The van der Waals surface area contributed by atoms with E-state index >= 15 is 0 Å². The van der Waals surface area contributed by atoms with Crippen molar-refractivity contribution in [2.75, 3.05) is 13.1 Å². The van der Waals surface area contributed by atoms with Gasteiger partial charge in [0.25, 0.3) is 5.91 Å². The van der Waals surface area contributed by atoms with Crippen molar-refractivity contribution in [3.8, 4) is 5.75 Å². The molecule has 0 spiro atoms. The predicted octanol–water partition coefficient (Wildman–Crippen LogP) is 1.82. The van der Waals surface area contributed by atoms with Crippen LogP contribution >= 0.6 is 0 Å². The molecule has 2 unspecified atom stereocenters. The molecule has 0 saturated carbocycles. The normalized spacial score (nSPS) is 23.1. The zero-order valence-corrected chi connectivity index (χ0v) is 11.6. The number of amides is 1. The number of aryl methyl sites for hydroxylation is 1. The molecule has 0 radical (unpaired) electrons. The van der Waals surface area contributed by atoms with Gasteiger partial charge in [0, 0.05) is 12.6 Å². The summed E-state index contributed by atoms with van der Waals surface area (Å²) in [5.74, 6) is 0.363. The average molecular weight is 262 g/mol. The topological polar surface area (TPSA) is 61.4 Å². The van der Waals surface area contributed by atoms with Crippen LogP contribution < -0.4 is 10.6 Å². The summed E-state index contributed by atoms with van der Waals surface area (Å²) in [6.45, 7) is 5.57. The Labute approximate surface area is 114 Å². The van der Waals surface area contributed by atoms with E-state index in [0.717, 1.165) is 24.9 Å². The van der Waals surface area contributed by atoms with Crippen molar-refractivity contribution in [3.05, 3.63) is 29.3 Å². The zero-order valence-electron chi connectivity index (χ0n) is 11.6. The molecule has 1 saturated heterocycles. The van der Waals surface area contributed by atoms with Gasteiger partial charge in [-0.1, -0.05) is 12.1 Å². The summed E-state index contributed by atoms with van der Waals surface area (Å²) < 4.78 is 0. The Kier molecular flexibility index (Phi) is 4.43. The van der Waals surface area contributed by atoms with Gasteiger partial charge >= 0.3 is 0 Å². The fraction of sp³-hybridized carbons (Fsp3) is 0.533. The highest BCUT2D eigenvalue weighted by molar-refractivity contribution is 5.97. The molecule has 2 rings (SSSR count). The fourth-order valence-electron chi connectivity index (χ4n) is 2.41. The number of piperidine rings is 1. The molecule has 1 fully saturated rings. The van der Waals surface area contributed by atoms with E-state index < -0.39 is 0 Å². The Bertz CT molecular complexity index is 451. The third kappa shape index (κ3) is 3.47. The van der Waals surface area contributed by atoms with E-state index in [9.17, 15) is 9.90 Å². The van der Waals surface area contributed by atoms with Crippen LogP contribution in [0.2, 0.25) is 0 Å². The molecular formula is C15H22N2O2. The van der Waals surface area contributed by atoms with Gasteiger partial charge in [-0.05, 0) is 50.8 Å². The Balaban J connectivity index is 1.89. The van der Waals surface area contributed by atoms with Crippen molar-refractivity contribution in [2.24, 2.45) is 5.92 Å². The minimum Gasteiger partial charge on any atom is -0.507 e. The Morgan fingerprint density at radius 3 is 2.95 bits per heavy atom. The lowest BCUT2D eigenvalue weighted by Crippen LogP contribution is -2.42. The van der Waals surface area contributed by atoms with Gasteiger partial charge in [-0.2, -0.15) is 0 Å². The highest BCUT2D eigenvalue weighted by Crippen LogP contribution is 2.21. The second-order valence-electron chi connectivity index (χ2n) is 5.43. The highest BCUT2D eigenvalue weighted by atomic mass is 16.3. The van der Waals surface area contributed by atoms with Gasteiger partial charge in [-0.25, -0.2) is 0 Å². The van der Waals surface area contributed by atoms with E-state index in [1.54, 1.807) is 25.1 Å². The molecule has 19 heavy (non-hydrogen) atoms. The second-order valence-corrected chi connectivity index (χ2v) is 5.43. The van der Waals surface area contributed by atoms with Crippen LogP contribution in [0.5, 0.6) is 5.75 Å². The molecule has 1 aliphatic rings. The molecule has 0 bridgehead atoms. The summed E-state index contributed by atoms with van der Waals surface area (Å²) in [4.78, 5) is 12.0. The molecule has 1 aromatic rings. The van der Waals surface area contributed by atoms with Crippen LogP contribution in [0.3, 0.4) is 0 Å². The largest absolute Gasteiger partial charge is 0.507 e. The van der Waals surface area contributed by atoms with Gasteiger partial charge in [0.15, 0.2) is 0 Å². The molecule has 104 valence electrons. The fourth-order valence-corrected chi connectivity index (χ4v) is 2.41. The van der Waals surface area contributed by atoms with E-state index in [-0.39, 0.29) is 11.7 Å². The van der Waals surface area contributed by atoms with E-state index in [1.165, 1.54) is 0 Å². The smallest absolute Gasteiger partial charge is 0.255 e. The molecule has 1 aromatic carbocycles. The molecule has 4 heteroatoms. The number of benzene rings is 1. The highest BCUT2D eigenvalue weighted by Gasteiger charge is 2.19. The molecule has 1 heterocycles. The van der Waals surface area contributed by atoms with Gasteiger partial charge in [-0.15, -0.1) is 0 Å². The van der Waals surface area contributed by atoms with Gasteiger partial charge in [0.2, 0.25) is 0 Å². The summed E-state index contributed by atoms with van der Waals surface area (Å²) in [7, 11) is 0. The monoisotopic (exact) mass is 262 g/mol. The minimum absolute atomic E-state index is 0.0791. The maximum atomic E-state index is 12.0. The Hall–Kier alpha value is -1.55. The number of hydrogen-bond donors (Lipinski definition) is 3. The van der Waals surface area contributed by atoms with Crippen molar-refractivity contribution in [1.29, 1.82) is 0 Å². The summed E-state index contributed by atoms with van der Waals surface area (Å²) in [6.07, 6.45) is 2.28. The first kappa shape index (κ1) is 13.9. The summed E-state index contributed by atoms with van der Waals surface area (Å²) in [5, 5.41) is 16.2. The van der Waals surface area contributed by atoms with E-state index in [1.807, 2.05) is 0 Å². The van der Waals surface area contributed by atoms with Crippen LogP contribution in [0, 0.1) is 12.8 Å². The minimum atomic E-state index is -0.195. The quantitative estimate of drug-likeness (QED) is 0.778. The summed E-state index contributed by atoms with van der Waals surface area (Å²) >= 11 is 0. The standard InChI is InChI=1S/C15H22N2O2/c1-10-4-3-5-13(14(10)18)15(19)17-9-12-7-6-11(2)16-8-12/h3-5,11-12,16,18H,6-9H2,1-2H3,(H,17,19). The van der Waals surface area contributed by atoms with Crippen molar-refractivity contribution in [2.45, 2.75) is 32.7 Å². The van der Waals surface area contributed by atoms with Crippen molar-refractivity contribution in [3.63, 3.8) is 0 Å². The van der Waals surface area contributed by atoms with Crippen LogP contribution in [0.1, 0.15) is 35.7 Å². The Morgan fingerprint density at radius 2 is 2.26 bits per heavy atom. The van der Waals surface area contributed by atoms with Crippen LogP contribution in [0.4, 0.5) is 0 Å². The van der Waals surface area contributed by atoms with Gasteiger partial charge < -0.3 is 15.7 Å². The lowest BCUT2D eigenvalue weighted by molar-refractivity contribution is 0.0941. The van der Waals surface area contributed by atoms with Gasteiger partial charge in [0.1, 0.15) is 5.75 Å². The zero-order chi connectivity index (χ0) is 13.8. The first-order chi connectivity index (χ1) is 9.08. The van der Waals surface area contributed by atoms with Crippen molar-refractivity contribution >= 4 is 5.91 Å². The van der Waals surface area contributed by atoms with Gasteiger partial charge in [0.05, 0.1) is 5.56 Å². The number of phenols is 1. The van der Waals surface area contributed by atoms with Gasteiger partial charge in [-0.3, -0.25) is 4.79 Å². The van der Waals surface area contributed by atoms with E-state index in [2.05, 4.69) is 17.6 Å². The number of aromatic hydroxyl groups is 1. The SMILES string of the molecule is Cc1cccc(C(=O)NCC2CCC(C)NC2)c1O. The van der Waals surface area contributed by atoms with E-state index in [0.29, 0.717) is 24.1 Å². The Morgan fingerprint density at radius 1 is 1.47 bits per heavy atom. The number of para-hydroxylation sites is 1. The lowest BCUT2D eigenvalue weighted by Gasteiger charge is -2.27. The lowest BCUT2D eigenvalue weighted by atomic mass is 9.95. The first-order valence-electron chi connectivity index (χ1n) is 6.88. The number of hydrogen-bond acceptors (Lipinski definition) is 3. The maximum absolute atomic E-state index is 12.0. The van der Waals surface area contributed by atoms with Crippen molar-refractivity contribution < 1.29 is 9.90 Å². The number of carbonyl (C=O) groups excluding carboxylic acids is 1. The van der Waals surface area contributed by atoms with Crippen LogP contribution in [0.15, 0.2) is 18.2 Å². The maximum Gasteiger partial charge on any atom is 0.255 e. The molecule has 4 nitrogen and oxygen atoms in total. The number of carbonyl (C=O) groups is 1. The summed E-state index contributed by atoms with van der Waals surface area (Å²) in [5.41, 5.74) is 1.08. The molecule has 1 aliphatic heterocycles. The van der Waals surface area contributed by atoms with Crippen LogP contribution in [-0.4, -0.2) is 30.1 Å². The average Bonchev–Trinajstić information content (AvgIpc) is 2.41. The third-order valence-electron chi connectivity index (χ3n) is 3.80. The molecule has 3 N–H and O–H groups in total. The second kappa shape index (κ2) is 6.06. The molecule has 0 aliphatic carbocycles. The van der Waals surface area contributed by atoms with Crippen molar-refractivity contribution in [1.82, 2.24) is 10.6 Å². The third-order valence-corrected chi connectivity index (χ3v) is 3.80.